The molecular formula is C28H25ClN4O4. The molecule has 1 atom stereocenters. The van der Waals surface area contributed by atoms with E-state index in [0.29, 0.717) is 28.7 Å². The van der Waals surface area contributed by atoms with Crippen LogP contribution in [0.4, 0.5) is 11.4 Å². The lowest BCUT2D eigenvalue weighted by Gasteiger charge is -2.19. The van der Waals surface area contributed by atoms with E-state index in [0.717, 1.165) is 45.5 Å². The van der Waals surface area contributed by atoms with Crippen LogP contribution < -0.4 is 19.5 Å². The molecule has 0 fully saturated rings. The van der Waals surface area contributed by atoms with Crippen LogP contribution in [0.3, 0.4) is 0 Å². The van der Waals surface area contributed by atoms with E-state index in [1.807, 2.05) is 60.7 Å². The van der Waals surface area contributed by atoms with Crippen molar-refractivity contribution in [3.63, 3.8) is 0 Å². The molecule has 1 amide bonds. The van der Waals surface area contributed by atoms with Gasteiger partial charge < -0.3 is 19.5 Å². The highest BCUT2D eigenvalue weighted by atomic mass is 35.5. The number of hydrogen-bond acceptors (Lipinski definition) is 7. The first-order chi connectivity index (χ1) is 18.0. The number of pyridine rings is 1. The van der Waals surface area contributed by atoms with E-state index >= 15 is 0 Å². The molecule has 0 radical (unpaired) electrons. The normalized spacial score (nSPS) is 14.9. The number of carbonyl (C=O) groups excluding carboxylic acids is 1. The van der Waals surface area contributed by atoms with Crippen LogP contribution in [-0.2, 0) is 4.79 Å². The van der Waals surface area contributed by atoms with Crippen molar-refractivity contribution in [1.82, 2.24) is 9.99 Å². The minimum Gasteiger partial charge on any atom is -0.493 e. The fourth-order valence-corrected chi connectivity index (χ4v) is 4.69. The van der Waals surface area contributed by atoms with Crippen molar-refractivity contribution in [2.24, 2.45) is 5.10 Å². The number of nitrogens with one attached hydrogen (secondary N) is 1. The van der Waals surface area contributed by atoms with Gasteiger partial charge in [0.1, 0.15) is 0 Å². The van der Waals surface area contributed by atoms with E-state index in [1.54, 1.807) is 27.5 Å². The molecule has 1 aliphatic rings. The Balaban J connectivity index is 1.43. The lowest BCUT2D eigenvalue weighted by atomic mass is 9.97. The SMILES string of the molecule is COc1cc(C2=NN(C=O)C(c3cccc(Nc4ccnc5cc(Cl)ccc45)c3)C2)cc(OC)c1OC. The molecule has 0 saturated heterocycles. The van der Waals surface area contributed by atoms with Crippen LogP contribution in [0.2, 0.25) is 5.02 Å². The molecule has 2 heterocycles. The van der Waals surface area contributed by atoms with E-state index in [2.05, 4.69) is 15.4 Å². The third-order valence-corrected chi connectivity index (χ3v) is 6.54. The lowest BCUT2D eigenvalue weighted by Crippen LogP contribution is -2.17. The molecule has 1 N–H and O–H groups in total. The number of hydrogen-bond donors (Lipinski definition) is 1. The monoisotopic (exact) mass is 516 g/mol. The van der Waals surface area contributed by atoms with Crippen molar-refractivity contribution in [2.45, 2.75) is 12.5 Å². The predicted octanol–water partition coefficient (Wildman–Crippen LogP) is 5.97. The molecule has 9 heteroatoms. The fraction of sp³-hybridized carbons (Fsp3) is 0.179. The van der Waals surface area contributed by atoms with E-state index in [-0.39, 0.29) is 6.04 Å². The summed E-state index contributed by atoms with van der Waals surface area (Å²) in [4.78, 5) is 16.4. The van der Waals surface area contributed by atoms with Gasteiger partial charge in [0.2, 0.25) is 12.2 Å². The van der Waals surface area contributed by atoms with E-state index in [1.165, 1.54) is 5.01 Å². The van der Waals surface area contributed by atoms with Crippen molar-refractivity contribution < 1.29 is 19.0 Å². The molecule has 1 aliphatic heterocycles. The van der Waals surface area contributed by atoms with E-state index < -0.39 is 0 Å². The average molecular weight is 517 g/mol. The summed E-state index contributed by atoms with van der Waals surface area (Å²) in [5.41, 5.74) is 5.08. The molecule has 5 rings (SSSR count). The summed E-state index contributed by atoms with van der Waals surface area (Å²) < 4.78 is 16.4. The Morgan fingerprint density at radius 3 is 2.49 bits per heavy atom. The third-order valence-electron chi connectivity index (χ3n) is 6.30. The molecule has 4 aromatic rings. The highest BCUT2D eigenvalue weighted by Gasteiger charge is 2.30. The zero-order valence-corrected chi connectivity index (χ0v) is 21.3. The van der Waals surface area contributed by atoms with Crippen LogP contribution in [0, 0.1) is 0 Å². The quantitative estimate of drug-likeness (QED) is 0.291. The Bertz CT molecular complexity index is 1480. The predicted molar refractivity (Wildman–Crippen MR) is 144 cm³/mol. The topological polar surface area (TPSA) is 85.3 Å². The molecule has 1 aromatic heterocycles. The van der Waals surface area contributed by atoms with Crippen molar-refractivity contribution >= 4 is 46.0 Å². The van der Waals surface area contributed by atoms with Crippen molar-refractivity contribution in [3.8, 4) is 17.2 Å². The molecule has 3 aromatic carbocycles. The van der Waals surface area contributed by atoms with Crippen LogP contribution >= 0.6 is 11.6 Å². The summed E-state index contributed by atoms with van der Waals surface area (Å²) in [6.45, 7) is 0. The van der Waals surface area contributed by atoms with Crippen LogP contribution in [0.5, 0.6) is 17.2 Å². The summed E-state index contributed by atoms with van der Waals surface area (Å²) in [5.74, 6) is 1.55. The highest BCUT2D eigenvalue weighted by Crippen LogP contribution is 2.41. The number of ether oxygens (including phenoxy) is 3. The molecule has 0 saturated carbocycles. The number of benzene rings is 3. The van der Waals surface area contributed by atoms with Crippen molar-refractivity contribution in [3.05, 3.63) is 83.0 Å². The van der Waals surface area contributed by atoms with Gasteiger partial charge in [0.25, 0.3) is 0 Å². The number of carbonyl (C=O) groups is 1. The first-order valence-corrected chi connectivity index (χ1v) is 11.9. The number of anilines is 2. The maximum Gasteiger partial charge on any atom is 0.230 e. The number of aromatic nitrogens is 1. The van der Waals surface area contributed by atoms with E-state index in [4.69, 9.17) is 25.8 Å². The average Bonchev–Trinajstić information content (AvgIpc) is 3.37. The Kier molecular flexibility index (Phi) is 6.83. The van der Waals surface area contributed by atoms with Crippen LogP contribution in [-0.4, -0.2) is 43.4 Å². The number of rotatable bonds is 8. The molecule has 8 nitrogen and oxygen atoms in total. The molecule has 188 valence electrons. The minimum atomic E-state index is -0.263. The molecule has 1 unspecified atom stereocenters. The molecule has 0 bridgehead atoms. The second kappa shape index (κ2) is 10.4. The Morgan fingerprint density at radius 2 is 1.78 bits per heavy atom. The Morgan fingerprint density at radius 1 is 1.00 bits per heavy atom. The Hall–Kier alpha value is -4.30. The molecule has 37 heavy (non-hydrogen) atoms. The number of hydrazone groups is 1. The fourth-order valence-electron chi connectivity index (χ4n) is 4.53. The summed E-state index contributed by atoms with van der Waals surface area (Å²) in [7, 11) is 4.69. The number of amides is 1. The molecular weight excluding hydrogens is 492 g/mol. The van der Waals surface area contributed by atoms with Gasteiger partial charge in [0.05, 0.1) is 38.6 Å². The van der Waals surface area contributed by atoms with Crippen LogP contribution in [0.15, 0.2) is 72.0 Å². The number of fused-ring (bicyclic) bond motifs is 1. The van der Waals surface area contributed by atoms with Crippen LogP contribution in [0.25, 0.3) is 10.9 Å². The summed E-state index contributed by atoms with van der Waals surface area (Å²) in [6.07, 6.45) is 3.01. The van der Waals surface area contributed by atoms with Gasteiger partial charge in [-0.25, -0.2) is 5.01 Å². The highest BCUT2D eigenvalue weighted by molar-refractivity contribution is 6.31. The summed E-state index contributed by atoms with van der Waals surface area (Å²) in [6, 6.07) is 18.9. The number of halogens is 1. The minimum absolute atomic E-state index is 0.263. The van der Waals surface area contributed by atoms with Gasteiger partial charge in [-0.1, -0.05) is 23.7 Å². The van der Waals surface area contributed by atoms with Gasteiger partial charge in [-0.15, -0.1) is 0 Å². The van der Waals surface area contributed by atoms with Crippen LogP contribution in [0.1, 0.15) is 23.6 Å². The lowest BCUT2D eigenvalue weighted by molar-refractivity contribution is -0.119. The largest absolute Gasteiger partial charge is 0.493 e. The van der Waals surface area contributed by atoms with Gasteiger partial charge in [0, 0.05) is 40.0 Å². The van der Waals surface area contributed by atoms with Gasteiger partial charge in [-0.2, -0.15) is 5.10 Å². The van der Waals surface area contributed by atoms with Gasteiger partial charge in [-0.3, -0.25) is 9.78 Å². The second-order valence-electron chi connectivity index (χ2n) is 8.44. The van der Waals surface area contributed by atoms with Crippen molar-refractivity contribution in [1.29, 1.82) is 0 Å². The third kappa shape index (κ3) is 4.75. The molecule has 0 aliphatic carbocycles. The first kappa shape index (κ1) is 24.4. The zero-order chi connectivity index (χ0) is 25.9. The Labute approximate surface area is 219 Å². The van der Waals surface area contributed by atoms with Gasteiger partial charge in [-0.05, 0) is 54.1 Å². The first-order valence-electron chi connectivity index (χ1n) is 11.6. The smallest absolute Gasteiger partial charge is 0.230 e. The van der Waals surface area contributed by atoms with Gasteiger partial charge in [0.15, 0.2) is 11.5 Å². The van der Waals surface area contributed by atoms with E-state index in [9.17, 15) is 4.79 Å². The standard InChI is InChI=1S/C28H25ClN4O4/c1-35-26-12-18(13-27(36-2)28(26)37-3)23-15-25(33(16-34)32-23)17-5-4-6-20(11-17)31-22-9-10-30-24-14-19(29)7-8-21(22)24/h4-14,16,25H,15H2,1-3H3,(H,30,31). The molecule has 0 spiro atoms. The summed E-state index contributed by atoms with van der Waals surface area (Å²) in [5, 5.41) is 11.1. The summed E-state index contributed by atoms with van der Waals surface area (Å²) >= 11 is 6.13. The van der Waals surface area contributed by atoms with Crippen molar-refractivity contribution in [2.75, 3.05) is 26.6 Å². The maximum absolute atomic E-state index is 12.0. The number of nitrogens with zero attached hydrogens (tertiary/aromatic N) is 3. The number of methoxy groups -OCH3 is 3. The zero-order valence-electron chi connectivity index (χ0n) is 20.6. The maximum atomic E-state index is 12.0. The van der Waals surface area contributed by atoms with Gasteiger partial charge >= 0.3 is 0 Å². The second-order valence-corrected chi connectivity index (χ2v) is 8.87.